The zero-order chi connectivity index (χ0) is 29.5. The molecular weight excluding hydrogens is 490 g/mol. The molecule has 0 bridgehead atoms. The Bertz CT molecular complexity index is 1130. The zero-order valence-corrected chi connectivity index (χ0v) is 25.3. The largest absolute Gasteiger partial charge is 0.444 e. The number of aryl methyl sites for hydroxylation is 2. The molecule has 214 valence electrons. The molecule has 39 heavy (non-hydrogen) atoms. The smallest absolute Gasteiger partial charge is 0.408 e. The number of anilines is 1. The Morgan fingerprint density at radius 1 is 0.923 bits per heavy atom. The second-order valence-corrected chi connectivity index (χ2v) is 12.0. The van der Waals surface area contributed by atoms with Crippen molar-refractivity contribution in [1.82, 2.24) is 10.2 Å². The van der Waals surface area contributed by atoms with Gasteiger partial charge in [0.2, 0.25) is 5.91 Å². The monoisotopic (exact) mass is 537 g/mol. The van der Waals surface area contributed by atoms with Gasteiger partial charge < -0.3 is 20.3 Å². The summed E-state index contributed by atoms with van der Waals surface area (Å²) in [5.74, 6) is -0.839. The number of hydrogen-bond donors (Lipinski definition) is 2. The van der Waals surface area contributed by atoms with Gasteiger partial charge in [-0.25, -0.2) is 4.79 Å². The van der Waals surface area contributed by atoms with E-state index >= 15 is 0 Å². The van der Waals surface area contributed by atoms with E-state index in [0.29, 0.717) is 24.1 Å². The average molecular weight is 538 g/mol. The molecule has 3 atom stereocenters. The van der Waals surface area contributed by atoms with Crippen LogP contribution in [-0.4, -0.2) is 40.0 Å². The van der Waals surface area contributed by atoms with Crippen LogP contribution in [0.4, 0.5) is 10.5 Å². The molecule has 3 amide bonds. The molecule has 0 aromatic heterocycles. The lowest BCUT2D eigenvalue weighted by Crippen LogP contribution is -2.60. The first-order valence-electron chi connectivity index (χ1n) is 13.9. The average Bonchev–Trinajstić information content (AvgIpc) is 2.85. The molecule has 0 fully saturated rings. The molecule has 0 aliphatic heterocycles. The Kier molecular flexibility index (Phi) is 10.7. The van der Waals surface area contributed by atoms with Crippen LogP contribution in [-0.2, 0) is 14.3 Å². The van der Waals surface area contributed by atoms with E-state index in [1.54, 1.807) is 25.7 Å². The Hall–Kier alpha value is -3.35. The first-order valence-corrected chi connectivity index (χ1v) is 13.9. The zero-order valence-electron chi connectivity index (χ0n) is 25.3. The molecule has 0 saturated carbocycles. The molecule has 0 radical (unpaired) electrons. The van der Waals surface area contributed by atoms with Gasteiger partial charge >= 0.3 is 6.09 Å². The van der Waals surface area contributed by atoms with Crippen molar-refractivity contribution < 1.29 is 19.1 Å². The van der Waals surface area contributed by atoms with Crippen LogP contribution in [0.25, 0.3) is 0 Å². The molecule has 0 heterocycles. The van der Waals surface area contributed by atoms with Crippen molar-refractivity contribution >= 4 is 23.6 Å². The number of rotatable bonds is 10. The highest BCUT2D eigenvalue weighted by Crippen LogP contribution is 2.34. The van der Waals surface area contributed by atoms with Crippen LogP contribution in [0.1, 0.15) is 91.0 Å². The number of hydrogen-bond acceptors (Lipinski definition) is 4. The van der Waals surface area contributed by atoms with Gasteiger partial charge in [0.15, 0.2) is 0 Å². The lowest BCUT2D eigenvalue weighted by atomic mass is 9.89. The van der Waals surface area contributed by atoms with Crippen molar-refractivity contribution in [2.75, 3.05) is 5.32 Å². The quantitative estimate of drug-likeness (QED) is 0.344. The van der Waals surface area contributed by atoms with Gasteiger partial charge in [-0.2, -0.15) is 0 Å². The van der Waals surface area contributed by atoms with Crippen LogP contribution >= 0.6 is 0 Å². The number of nitrogens with one attached hydrogen (secondary N) is 2. The van der Waals surface area contributed by atoms with E-state index in [1.165, 1.54) is 0 Å². The Morgan fingerprint density at radius 2 is 1.51 bits per heavy atom. The second kappa shape index (κ2) is 13.1. The number of nitrogens with zero attached hydrogens (tertiary/aromatic N) is 1. The standard InChI is InChI=1S/C32H47N3O4/c1-11-22(4)26(34-30(38)39-31(6,7)8)29(37)35(32(9,10)12-2)27(24-19-17-21(3)18-20-24)28(36)33-25-16-14-13-15-23(25)5/h13-20,22,26-27H,11-12H2,1-10H3,(H,33,36)(H,34,38). The highest BCUT2D eigenvalue weighted by atomic mass is 16.6. The van der Waals surface area contributed by atoms with Crippen molar-refractivity contribution in [2.24, 2.45) is 5.92 Å². The lowest BCUT2D eigenvalue weighted by Gasteiger charge is -2.45. The molecule has 2 N–H and O–H groups in total. The third-order valence-corrected chi connectivity index (χ3v) is 7.21. The number of carbonyl (C=O) groups excluding carboxylic acids is 3. The van der Waals surface area contributed by atoms with Crippen LogP contribution in [0, 0.1) is 19.8 Å². The number of para-hydroxylation sites is 1. The van der Waals surface area contributed by atoms with E-state index in [0.717, 1.165) is 11.1 Å². The summed E-state index contributed by atoms with van der Waals surface area (Å²) in [5.41, 5.74) is 1.93. The molecule has 0 spiro atoms. The van der Waals surface area contributed by atoms with E-state index in [2.05, 4.69) is 10.6 Å². The van der Waals surface area contributed by atoms with Gasteiger partial charge in [0.05, 0.1) is 0 Å². The molecule has 0 saturated heterocycles. The third kappa shape index (κ3) is 8.57. The topological polar surface area (TPSA) is 87.7 Å². The van der Waals surface area contributed by atoms with E-state index in [1.807, 2.05) is 97.0 Å². The predicted octanol–water partition coefficient (Wildman–Crippen LogP) is 6.94. The summed E-state index contributed by atoms with van der Waals surface area (Å²) in [6.07, 6.45) is 0.585. The minimum atomic E-state index is -0.931. The summed E-state index contributed by atoms with van der Waals surface area (Å²) in [5, 5.41) is 5.89. The molecule has 2 aromatic rings. The first-order chi connectivity index (χ1) is 18.1. The van der Waals surface area contributed by atoms with Crippen molar-refractivity contribution in [2.45, 2.75) is 105 Å². The highest BCUT2D eigenvalue weighted by molar-refractivity contribution is 5.99. The summed E-state index contributed by atoms with van der Waals surface area (Å²) in [4.78, 5) is 43.1. The number of benzene rings is 2. The normalized spacial score (nSPS) is 14.1. The molecule has 3 unspecified atom stereocenters. The van der Waals surface area contributed by atoms with Crippen LogP contribution in [0.3, 0.4) is 0 Å². The minimum Gasteiger partial charge on any atom is -0.444 e. The third-order valence-electron chi connectivity index (χ3n) is 7.21. The summed E-state index contributed by atoms with van der Waals surface area (Å²) < 4.78 is 5.50. The summed E-state index contributed by atoms with van der Waals surface area (Å²) >= 11 is 0. The Balaban J connectivity index is 2.66. The maximum absolute atomic E-state index is 14.5. The van der Waals surface area contributed by atoms with Gasteiger partial charge in [0.1, 0.15) is 17.7 Å². The van der Waals surface area contributed by atoms with Crippen LogP contribution < -0.4 is 10.6 Å². The predicted molar refractivity (Wildman–Crippen MR) is 158 cm³/mol. The van der Waals surface area contributed by atoms with Gasteiger partial charge in [-0.1, -0.05) is 75.2 Å². The van der Waals surface area contributed by atoms with E-state index in [-0.39, 0.29) is 17.7 Å². The molecule has 2 rings (SSSR count). The maximum Gasteiger partial charge on any atom is 0.408 e. The van der Waals surface area contributed by atoms with E-state index in [9.17, 15) is 14.4 Å². The fourth-order valence-electron chi connectivity index (χ4n) is 4.29. The summed E-state index contributed by atoms with van der Waals surface area (Å²) in [6.45, 7) is 19.0. The Labute approximate surface area is 234 Å². The Morgan fingerprint density at radius 3 is 2.03 bits per heavy atom. The van der Waals surface area contributed by atoms with Gasteiger partial charge in [0, 0.05) is 11.2 Å². The second-order valence-electron chi connectivity index (χ2n) is 12.0. The summed E-state index contributed by atoms with van der Waals surface area (Å²) in [7, 11) is 0. The van der Waals surface area contributed by atoms with E-state index < -0.39 is 29.3 Å². The molecule has 7 nitrogen and oxygen atoms in total. The molecule has 0 aliphatic carbocycles. The van der Waals surface area contributed by atoms with Crippen molar-refractivity contribution in [1.29, 1.82) is 0 Å². The van der Waals surface area contributed by atoms with Gasteiger partial charge in [-0.05, 0) is 78.0 Å². The molecule has 0 aliphatic rings. The van der Waals surface area contributed by atoms with Gasteiger partial charge in [0.25, 0.3) is 5.91 Å². The van der Waals surface area contributed by atoms with Gasteiger partial charge in [-0.15, -0.1) is 0 Å². The minimum absolute atomic E-state index is 0.196. The van der Waals surface area contributed by atoms with Crippen LogP contribution in [0.15, 0.2) is 48.5 Å². The lowest BCUT2D eigenvalue weighted by molar-refractivity contribution is -0.148. The van der Waals surface area contributed by atoms with E-state index in [4.69, 9.17) is 4.74 Å². The number of ether oxygens (including phenoxy) is 1. The summed E-state index contributed by atoms with van der Waals surface area (Å²) in [6, 6.07) is 13.4. The number of amides is 3. The molecule has 2 aromatic carbocycles. The fourth-order valence-corrected chi connectivity index (χ4v) is 4.29. The van der Waals surface area contributed by atoms with Crippen molar-refractivity contribution in [3.8, 4) is 0 Å². The van der Waals surface area contributed by atoms with Crippen LogP contribution in [0.2, 0.25) is 0 Å². The van der Waals surface area contributed by atoms with Crippen molar-refractivity contribution in [3.63, 3.8) is 0 Å². The first kappa shape index (κ1) is 31.9. The van der Waals surface area contributed by atoms with Crippen molar-refractivity contribution in [3.05, 3.63) is 65.2 Å². The highest BCUT2D eigenvalue weighted by Gasteiger charge is 2.44. The molecule has 7 heteroatoms. The van der Waals surface area contributed by atoms with Gasteiger partial charge in [-0.3, -0.25) is 9.59 Å². The SMILES string of the molecule is CCC(C)C(NC(=O)OC(C)(C)C)C(=O)N(C(C(=O)Nc1ccccc1C)c1ccc(C)cc1)C(C)(C)CC. The number of alkyl carbamates (subject to hydrolysis) is 1. The fraction of sp³-hybridized carbons (Fsp3) is 0.531. The maximum atomic E-state index is 14.5. The van der Waals surface area contributed by atoms with Crippen LogP contribution in [0.5, 0.6) is 0 Å². The molecular formula is C32H47N3O4. The number of carbonyl (C=O) groups is 3.